The van der Waals surface area contributed by atoms with Crippen molar-refractivity contribution in [2.45, 2.75) is 19.4 Å². The van der Waals surface area contributed by atoms with E-state index in [0.717, 1.165) is 0 Å². The first-order valence-corrected chi connectivity index (χ1v) is 5.68. The van der Waals surface area contributed by atoms with Crippen molar-refractivity contribution in [2.24, 2.45) is 5.92 Å². The number of Topliss-reactive ketones (excluding diaryl/α,β-unsaturated/α-hetero) is 1. The molecular weight excluding hydrogens is 238 g/mol. The summed E-state index contributed by atoms with van der Waals surface area (Å²) < 4.78 is 9.43. The summed E-state index contributed by atoms with van der Waals surface area (Å²) in [5.74, 6) is -1.65. The highest BCUT2D eigenvalue weighted by Gasteiger charge is 2.40. The molecule has 1 fully saturated rings. The van der Waals surface area contributed by atoms with E-state index in [1.165, 1.54) is 18.1 Å². The molecule has 0 spiro atoms. The molecule has 1 aliphatic rings. The zero-order valence-corrected chi connectivity index (χ0v) is 10.5. The van der Waals surface area contributed by atoms with Gasteiger partial charge in [0.05, 0.1) is 13.2 Å². The second-order valence-corrected chi connectivity index (χ2v) is 4.00. The SMILES string of the molecule is C=CCOC(=O)N1CCC(C(=O)OC)C(=O)[C@@H]1C. The van der Waals surface area contributed by atoms with E-state index in [9.17, 15) is 14.4 Å². The molecule has 1 heterocycles. The van der Waals surface area contributed by atoms with Gasteiger partial charge < -0.3 is 9.47 Å². The molecule has 0 aromatic rings. The van der Waals surface area contributed by atoms with Crippen LogP contribution in [0.1, 0.15) is 13.3 Å². The summed E-state index contributed by atoms with van der Waals surface area (Å²) >= 11 is 0. The standard InChI is InChI=1S/C12H17NO5/c1-4-7-18-12(16)13-6-5-9(11(15)17-3)10(14)8(13)2/h4,8-9H,1,5-7H2,2-3H3/t8-,9?/m0/s1. The first-order valence-electron chi connectivity index (χ1n) is 5.68. The molecule has 1 saturated heterocycles. The van der Waals surface area contributed by atoms with E-state index in [1.807, 2.05) is 0 Å². The first-order chi connectivity index (χ1) is 8.52. The van der Waals surface area contributed by atoms with Crippen LogP contribution < -0.4 is 0 Å². The third-order valence-corrected chi connectivity index (χ3v) is 2.93. The minimum atomic E-state index is -0.784. The highest BCUT2D eigenvalue weighted by molar-refractivity contribution is 6.03. The Morgan fingerprint density at radius 3 is 2.78 bits per heavy atom. The number of ether oxygens (including phenoxy) is 2. The molecular formula is C12H17NO5. The quantitative estimate of drug-likeness (QED) is 0.423. The topological polar surface area (TPSA) is 72.9 Å². The Labute approximate surface area is 106 Å². The Morgan fingerprint density at radius 1 is 1.56 bits per heavy atom. The summed E-state index contributed by atoms with van der Waals surface area (Å²) in [6, 6.07) is -0.680. The molecule has 18 heavy (non-hydrogen) atoms. The first kappa shape index (κ1) is 14.2. The van der Waals surface area contributed by atoms with Gasteiger partial charge in [-0.15, -0.1) is 0 Å². The van der Waals surface area contributed by atoms with Crippen LogP contribution in [0.2, 0.25) is 0 Å². The number of esters is 1. The van der Waals surface area contributed by atoms with Crippen LogP contribution in [0.3, 0.4) is 0 Å². The number of rotatable bonds is 3. The van der Waals surface area contributed by atoms with Crippen LogP contribution in [-0.4, -0.2) is 49.0 Å². The zero-order valence-electron chi connectivity index (χ0n) is 10.5. The number of piperidine rings is 1. The fourth-order valence-electron chi connectivity index (χ4n) is 1.89. The molecule has 6 heteroatoms. The van der Waals surface area contributed by atoms with E-state index in [0.29, 0.717) is 6.54 Å². The minimum absolute atomic E-state index is 0.0939. The van der Waals surface area contributed by atoms with Crippen LogP contribution in [0.5, 0.6) is 0 Å². The van der Waals surface area contributed by atoms with E-state index in [2.05, 4.69) is 11.3 Å². The van der Waals surface area contributed by atoms with E-state index in [1.54, 1.807) is 6.92 Å². The Bertz CT molecular complexity index is 365. The van der Waals surface area contributed by atoms with E-state index < -0.39 is 24.0 Å². The number of amides is 1. The van der Waals surface area contributed by atoms with Crippen LogP contribution in [0.4, 0.5) is 4.79 Å². The van der Waals surface area contributed by atoms with Gasteiger partial charge in [-0.1, -0.05) is 12.7 Å². The van der Waals surface area contributed by atoms with E-state index in [4.69, 9.17) is 4.74 Å². The molecule has 0 N–H and O–H groups in total. The third kappa shape index (κ3) is 2.88. The van der Waals surface area contributed by atoms with Crippen molar-refractivity contribution in [1.82, 2.24) is 4.90 Å². The fraction of sp³-hybridized carbons (Fsp3) is 0.583. The number of methoxy groups -OCH3 is 1. The van der Waals surface area contributed by atoms with Gasteiger partial charge in [-0.3, -0.25) is 14.5 Å². The number of nitrogens with zero attached hydrogens (tertiary/aromatic N) is 1. The molecule has 0 aromatic carbocycles. The van der Waals surface area contributed by atoms with Crippen LogP contribution in [0.15, 0.2) is 12.7 Å². The minimum Gasteiger partial charge on any atom is -0.468 e. The smallest absolute Gasteiger partial charge is 0.410 e. The van der Waals surface area contributed by atoms with Crippen molar-refractivity contribution in [3.05, 3.63) is 12.7 Å². The van der Waals surface area contributed by atoms with Gasteiger partial charge >= 0.3 is 12.1 Å². The molecule has 1 unspecified atom stereocenters. The maximum Gasteiger partial charge on any atom is 0.410 e. The lowest BCUT2D eigenvalue weighted by molar-refractivity contribution is -0.153. The summed E-state index contributed by atoms with van der Waals surface area (Å²) in [7, 11) is 1.24. The normalized spacial score (nSPS) is 23.4. The number of hydrogen-bond acceptors (Lipinski definition) is 5. The summed E-state index contributed by atoms with van der Waals surface area (Å²) in [4.78, 5) is 36.3. The van der Waals surface area contributed by atoms with Gasteiger partial charge in [0.15, 0.2) is 5.78 Å². The maximum absolute atomic E-state index is 11.9. The van der Waals surface area contributed by atoms with Crippen molar-refractivity contribution < 1.29 is 23.9 Å². The lowest BCUT2D eigenvalue weighted by Crippen LogP contribution is -2.52. The van der Waals surface area contributed by atoms with Gasteiger partial charge in [0.25, 0.3) is 0 Å². The molecule has 2 atom stereocenters. The Hall–Kier alpha value is -1.85. The van der Waals surface area contributed by atoms with Crippen LogP contribution in [0, 0.1) is 5.92 Å². The van der Waals surface area contributed by atoms with Crippen LogP contribution in [-0.2, 0) is 19.1 Å². The van der Waals surface area contributed by atoms with Crippen molar-refractivity contribution in [2.75, 3.05) is 20.3 Å². The highest BCUT2D eigenvalue weighted by atomic mass is 16.6. The largest absolute Gasteiger partial charge is 0.468 e. The van der Waals surface area contributed by atoms with Gasteiger partial charge in [0, 0.05) is 6.54 Å². The van der Waals surface area contributed by atoms with Gasteiger partial charge in [0.2, 0.25) is 0 Å². The monoisotopic (exact) mass is 255 g/mol. The summed E-state index contributed by atoms with van der Waals surface area (Å²) in [6.07, 6.45) is 1.14. The van der Waals surface area contributed by atoms with E-state index in [-0.39, 0.29) is 18.8 Å². The predicted molar refractivity (Wildman–Crippen MR) is 62.8 cm³/mol. The molecule has 6 nitrogen and oxygen atoms in total. The van der Waals surface area contributed by atoms with Crippen molar-refractivity contribution in [1.29, 1.82) is 0 Å². The number of likely N-dealkylation sites (tertiary alicyclic amines) is 1. The van der Waals surface area contributed by atoms with Crippen molar-refractivity contribution in [3.63, 3.8) is 0 Å². The third-order valence-electron chi connectivity index (χ3n) is 2.93. The molecule has 0 saturated carbocycles. The summed E-state index contributed by atoms with van der Waals surface area (Å²) in [5, 5.41) is 0. The lowest BCUT2D eigenvalue weighted by Gasteiger charge is -2.34. The summed E-state index contributed by atoms with van der Waals surface area (Å²) in [5.41, 5.74) is 0. The molecule has 0 aromatic heterocycles. The molecule has 0 aliphatic carbocycles. The fourth-order valence-corrected chi connectivity index (χ4v) is 1.89. The summed E-state index contributed by atoms with van der Waals surface area (Å²) in [6.45, 7) is 5.40. The molecule has 1 rings (SSSR count). The number of hydrogen-bond donors (Lipinski definition) is 0. The molecule has 1 amide bonds. The van der Waals surface area contributed by atoms with Crippen molar-refractivity contribution >= 4 is 17.8 Å². The lowest BCUT2D eigenvalue weighted by atomic mass is 9.90. The Kier molecular flexibility index (Phi) is 4.88. The maximum atomic E-state index is 11.9. The van der Waals surface area contributed by atoms with Gasteiger partial charge in [0.1, 0.15) is 12.5 Å². The Balaban J connectivity index is 2.68. The number of carbonyl (C=O) groups excluding carboxylic acids is 3. The van der Waals surface area contributed by atoms with Gasteiger partial charge in [-0.2, -0.15) is 0 Å². The van der Waals surface area contributed by atoms with E-state index >= 15 is 0 Å². The molecule has 0 bridgehead atoms. The van der Waals surface area contributed by atoms with Gasteiger partial charge in [-0.25, -0.2) is 4.79 Å². The second-order valence-electron chi connectivity index (χ2n) is 4.00. The van der Waals surface area contributed by atoms with Crippen molar-refractivity contribution in [3.8, 4) is 0 Å². The average Bonchev–Trinajstić information content (AvgIpc) is 2.38. The zero-order chi connectivity index (χ0) is 13.7. The predicted octanol–water partition coefficient (Wildman–Crippen LogP) is 0.762. The van der Waals surface area contributed by atoms with Crippen LogP contribution in [0.25, 0.3) is 0 Å². The molecule has 100 valence electrons. The highest BCUT2D eigenvalue weighted by Crippen LogP contribution is 2.21. The van der Waals surface area contributed by atoms with Gasteiger partial charge in [-0.05, 0) is 13.3 Å². The molecule has 0 radical (unpaired) electrons. The van der Waals surface area contributed by atoms with Crippen LogP contribution >= 0.6 is 0 Å². The second kappa shape index (κ2) is 6.18. The number of carbonyl (C=O) groups is 3. The average molecular weight is 255 g/mol. The Morgan fingerprint density at radius 2 is 2.22 bits per heavy atom. The molecule has 1 aliphatic heterocycles. The number of ketones is 1.